The van der Waals surface area contributed by atoms with Crippen LogP contribution in [0.25, 0.3) is 22.4 Å². The van der Waals surface area contributed by atoms with Gasteiger partial charge in [0.15, 0.2) is 0 Å². The predicted octanol–water partition coefficient (Wildman–Crippen LogP) is 4.96. The standard InChI is InChI=1S/C20H21GeN/c1-21(2,3)19-15-22-20(17-12-8-5-9-13-17)14-18(19)16-10-6-4-7-11-16/h4-15H,1-3H3. The molecule has 3 rings (SSSR count). The van der Waals surface area contributed by atoms with Gasteiger partial charge in [0.05, 0.1) is 0 Å². The van der Waals surface area contributed by atoms with E-state index in [4.69, 9.17) is 4.98 Å². The van der Waals surface area contributed by atoms with Crippen LogP contribution in [0.1, 0.15) is 0 Å². The van der Waals surface area contributed by atoms with Crippen molar-refractivity contribution in [3.8, 4) is 22.4 Å². The minimum absolute atomic E-state index is 1.05. The average Bonchev–Trinajstić information content (AvgIpc) is 2.55. The summed E-state index contributed by atoms with van der Waals surface area (Å²) in [5.41, 5.74) is 4.86. The average molecular weight is 348 g/mol. The van der Waals surface area contributed by atoms with Crippen LogP contribution < -0.4 is 4.40 Å². The zero-order valence-electron chi connectivity index (χ0n) is 13.4. The van der Waals surface area contributed by atoms with Gasteiger partial charge in [-0.15, -0.1) is 0 Å². The van der Waals surface area contributed by atoms with Crippen LogP contribution in [0.15, 0.2) is 72.9 Å². The topological polar surface area (TPSA) is 12.9 Å². The van der Waals surface area contributed by atoms with Crippen molar-refractivity contribution in [2.24, 2.45) is 0 Å². The molecule has 0 aliphatic carbocycles. The van der Waals surface area contributed by atoms with Crippen molar-refractivity contribution in [1.29, 1.82) is 0 Å². The molecule has 0 amide bonds. The number of pyridine rings is 1. The molecule has 0 unspecified atom stereocenters. The van der Waals surface area contributed by atoms with Crippen molar-refractivity contribution in [3.63, 3.8) is 0 Å². The van der Waals surface area contributed by atoms with Gasteiger partial charge >= 0.3 is 135 Å². The summed E-state index contributed by atoms with van der Waals surface area (Å²) in [4.78, 5) is 4.75. The maximum absolute atomic E-state index is 4.75. The molecule has 22 heavy (non-hydrogen) atoms. The summed E-state index contributed by atoms with van der Waals surface area (Å²) >= 11 is -1.98. The normalized spacial score (nSPS) is 11.4. The number of hydrogen-bond donors (Lipinski definition) is 0. The Labute approximate surface area is 135 Å². The first-order valence-corrected chi connectivity index (χ1v) is 15.0. The van der Waals surface area contributed by atoms with Crippen LogP contribution >= 0.6 is 0 Å². The zero-order chi connectivity index (χ0) is 15.6. The second-order valence-corrected chi connectivity index (χ2v) is 17.2. The first kappa shape index (κ1) is 15.0. The van der Waals surface area contributed by atoms with Gasteiger partial charge in [0.25, 0.3) is 0 Å². The van der Waals surface area contributed by atoms with Crippen molar-refractivity contribution >= 4 is 17.7 Å². The molecule has 3 aromatic rings. The number of rotatable bonds is 3. The Bertz CT molecular complexity index is 759. The van der Waals surface area contributed by atoms with Crippen molar-refractivity contribution in [1.82, 2.24) is 4.98 Å². The summed E-state index contributed by atoms with van der Waals surface area (Å²) in [6.45, 7) is 0. The van der Waals surface area contributed by atoms with Gasteiger partial charge in [-0.3, -0.25) is 0 Å². The summed E-state index contributed by atoms with van der Waals surface area (Å²) in [6.07, 6.45) is 2.12. The fourth-order valence-corrected chi connectivity index (χ4v) is 5.77. The van der Waals surface area contributed by atoms with Crippen molar-refractivity contribution < 1.29 is 0 Å². The van der Waals surface area contributed by atoms with Gasteiger partial charge in [0, 0.05) is 0 Å². The molecule has 0 bridgehead atoms. The number of benzene rings is 2. The second kappa shape index (κ2) is 6.09. The molecule has 0 aliphatic heterocycles. The molecule has 0 radical (unpaired) electrons. The summed E-state index contributed by atoms with van der Waals surface area (Å²) < 4.78 is 1.46. The van der Waals surface area contributed by atoms with Gasteiger partial charge in [-0.2, -0.15) is 0 Å². The molecule has 0 saturated carbocycles. The van der Waals surface area contributed by atoms with Crippen LogP contribution in [0.3, 0.4) is 0 Å². The monoisotopic (exact) mass is 349 g/mol. The van der Waals surface area contributed by atoms with E-state index in [1.54, 1.807) is 0 Å². The van der Waals surface area contributed by atoms with E-state index >= 15 is 0 Å². The minimum atomic E-state index is -1.98. The zero-order valence-corrected chi connectivity index (χ0v) is 15.5. The molecule has 0 aliphatic rings. The van der Waals surface area contributed by atoms with Crippen LogP contribution in [0.5, 0.6) is 0 Å². The second-order valence-electron chi connectivity index (χ2n) is 6.60. The Hall–Kier alpha value is -1.87. The van der Waals surface area contributed by atoms with Gasteiger partial charge in [0.1, 0.15) is 0 Å². The third kappa shape index (κ3) is 3.15. The molecule has 110 valence electrons. The van der Waals surface area contributed by atoms with Crippen molar-refractivity contribution in [3.05, 3.63) is 72.9 Å². The first-order valence-electron chi connectivity index (χ1n) is 7.67. The number of hydrogen-bond acceptors (Lipinski definition) is 1. The van der Waals surface area contributed by atoms with E-state index in [1.807, 2.05) is 6.07 Å². The Balaban J connectivity index is 2.20. The molecule has 0 spiro atoms. The Morgan fingerprint density at radius 3 is 1.82 bits per heavy atom. The van der Waals surface area contributed by atoms with Crippen LogP contribution in [-0.4, -0.2) is 18.3 Å². The molecule has 0 atom stereocenters. The van der Waals surface area contributed by atoms with Crippen LogP contribution in [-0.2, 0) is 0 Å². The SMILES string of the molecule is [CH3][Ge]([CH3])([CH3])[c]1cnc(-c2ccccc2)cc1-c1ccccc1. The molecule has 1 nitrogen and oxygen atoms in total. The van der Waals surface area contributed by atoms with Crippen LogP contribution in [0.4, 0.5) is 0 Å². The van der Waals surface area contributed by atoms with E-state index < -0.39 is 13.3 Å². The van der Waals surface area contributed by atoms with E-state index in [-0.39, 0.29) is 0 Å². The van der Waals surface area contributed by atoms with Gasteiger partial charge in [-0.1, -0.05) is 0 Å². The first-order chi connectivity index (χ1) is 10.6. The van der Waals surface area contributed by atoms with Gasteiger partial charge < -0.3 is 0 Å². The van der Waals surface area contributed by atoms with Crippen molar-refractivity contribution in [2.75, 3.05) is 0 Å². The van der Waals surface area contributed by atoms with E-state index in [9.17, 15) is 0 Å². The summed E-state index contributed by atoms with van der Waals surface area (Å²) in [5.74, 6) is 7.27. The third-order valence-corrected chi connectivity index (χ3v) is 8.09. The molecular weight excluding hydrogens is 327 g/mol. The molecule has 2 heteroatoms. The number of aromatic nitrogens is 1. The summed E-state index contributed by atoms with van der Waals surface area (Å²) in [7, 11) is 0. The molecule has 0 fully saturated rings. The molecular formula is C20H21GeN. The van der Waals surface area contributed by atoms with Gasteiger partial charge in [-0.25, -0.2) is 0 Å². The van der Waals surface area contributed by atoms with E-state index in [0.29, 0.717) is 0 Å². The van der Waals surface area contributed by atoms with E-state index in [0.717, 1.165) is 5.69 Å². The fourth-order valence-electron chi connectivity index (χ4n) is 2.68. The third-order valence-electron chi connectivity index (χ3n) is 3.87. The summed E-state index contributed by atoms with van der Waals surface area (Å²) in [5, 5.41) is 0. The van der Waals surface area contributed by atoms with Gasteiger partial charge in [-0.05, 0) is 0 Å². The maximum atomic E-state index is 4.75. The van der Waals surface area contributed by atoms with Crippen LogP contribution in [0.2, 0.25) is 17.3 Å². The Morgan fingerprint density at radius 2 is 1.27 bits per heavy atom. The molecule has 2 aromatic carbocycles. The van der Waals surface area contributed by atoms with Crippen molar-refractivity contribution in [2.45, 2.75) is 17.3 Å². The van der Waals surface area contributed by atoms with Gasteiger partial charge in [0.2, 0.25) is 0 Å². The molecule has 0 N–H and O–H groups in total. The Kier molecular flexibility index (Phi) is 4.17. The van der Waals surface area contributed by atoms with Crippen LogP contribution in [0, 0.1) is 0 Å². The predicted molar refractivity (Wildman–Crippen MR) is 98.1 cm³/mol. The number of nitrogens with zero attached hydrogens (tertiary/aromatic N) is 1. The van der Waals surface area contributed by atoms with E-state index in [2.05, 4.69) is 84.1 Å². The molecule has 1 heterocycles. The van der Waals surface area contributed by atoms with E-state index in [1.165, 1.54) is 21.1 Å². The molecule has 1 aromatic heterocycles. The Morgan fingerprint density at radius 1 is 0.727 bits per heavy atom. The quantitative estimate of drug-likeness (QED) is 0.610. The molecule has 0 saturated heterocycles. The summed E-state index contributed by atoms with van der Waals surface area (Å²) in [6, 6.07) is 23.4. The fraction of sp³-hybridized carbons (Fsp3) is 0.150.